The van der Waals surface area contributed by atoms with Crippen LogP contribution in [0.15, 0.2) is 109 Å². The number of hydrogen-bond donors (Lipinski definition) is 2. The van der Waals surface area contributed by atoms with E-state index in [2.05, 4.69) is 15.6 Å². The van der Waals surface area contributed by atoms with Gasteiger partial charge in [0, 0.05) is 34.1 Å². The highest BCUT2D eigenvalue weighted by Gasteiger charge is 2.07. The first kappa shape index (κ1) is 32.9. The molecule has 0 aliphatic heterocycles. The number of carbonyl (C=O) groups excluding carboxylic acids is 2. The summed E-state index contributed by atoms with van der Waals surface area (Å²) in [4.78, 5) is 28.4. The SMILES string of the molecule is CC.CC.Cc1cccc(C(=O)Nc2ccc(C#N)cc2)c1.Cc1cccc(C(=O)Nc2ccc3ncccc3c2)c1. The maximum atomic E-state index is 12.2. The van der Waals surface area contributed by atoms with Gasteiger partial charge in [-0.3, -0.25) is 14.6 Å². The Morgan fingerprint density at radius 3 is 1.69 bits per heavy atom. The summed E-state index contributed by atoms with van der Waals surface area (Å²) in [5.74, 6) is -0.250. The number of aryl methyl sites for hydroxylation is 2. The minimum absolute atomic E-state index is 0.100. The zero-order valence-corrected chi connectivity index (χ0v) is 25.1. The average Bonchev–Trinajstić information content (AvgIpc) is 3.03. The molecule has 42 heavy (non-hydrogen) atoms. The molecule has 0 aliphatic carbocycles. The van der Waals surface area contributed by atoms with Crippen LogP contribution in [0.1, 0.15) is 65.1 Å². The summed E-state index contributed by atoms with van der Waals surface area (Å²) in [5.41, 5.74) is 6.35. The van der Waals surface area contributed by atoms with Crippen LogP contribution in [0.2, 0.25) is 0 Å². The van der Waals surface area contributed by atoms with E-state index in [1.54, 1.807) is 36.5 Å². The van der Waals surface area contributed by atoms with Gasteiger partial charge in [-0.25, -0.2) is 0 Å². The first-order valence-corrected chi connectivity index (χ1v) is 14.0. The number of hydrogen-bond acceptors (Lipinski definition) is 4. The number of aromatic nitrogens is 1. The van der Waals surface area contributed by atoms with E-state index in [-0.39, 0.29) is 11.8 Å². The van der Waals surface area contributed by atoms with Gasteiger partial charge in [0.25, 0.3) is 11.8 Å². The molecule has 0 spiro atoms. The predicted molar refractivity (Wildman–Crippen MR) is 174 cm³/mol. The molecule has 0 bridgehead atoms. The Hall–Kier alpha value is -5.28. The van der Waals surface area contributed by atoms with Crippen molar-refractivity contribution in [2.75, 3.05) is 10.6 Å². The number of nitrogens with one attached hydrogen (secondary N) is 2. The minimum Gasteiger partial charge on any atom is -0.322 e. The summed E-state index contributed by atoms with van der Waals surface area (Å²) in [6, 6.07) is 33.3. The first-order valence-electron chi connectivity index (χ1n) is 14.0. The van der Waals surface area contributed by atoms with Crippen molar-refractivity contribution in [1.82, 2.24) is 4.98 Å². The van der Waals surface area contributed by atoms with Crippen LogP contribution in [0.4, 0.5) is 11.4 Å². The normalized spacial score (nSPS) is 9.36. The van der Waals surface area contributed by atoms with E-state index >= 15 is 0 Å². The molecule has 6 nitrogen and oxygen atoms in total. The highest BCUT2D eigenvalue weighted by molar-refractivity contribution is 6.05. The van der Waals surface area contributed by atoms with Gasteiger partial charge in [0.15, 0.2) is 0 Å². The number of benzene rings is 4. The van der Waals surface area contributed by atoms with Crippen LogP contribution in [0.5, 0.6) is 0 Å². The summed E-state index contributed by atoms with van der Waals surface area (Å²) in [7, 11) is 0. The third kappa shape index (κ3) is 10.0. The van der Waals surface area contributed by atoms with Crippen molar-refractivity contribution < 1.29 is 9.59 Å². The van der Waals surface area contributed by atoms with Crippen molar-refractivity contribution in [2.45, 2.75) is 41.5 Å². The lowest BCUT2D eigenvalue weighted by Gasteiger charge is -2.07. The molecule has 0 radical (unpaired) electrons. The van der Waals surface area contributed by atoms with E-state index in [4.69, 9.17) is 5.26 Å². The number of rotatable bonds is 4. The second-order valence-corrected chi connectivity index (χ2v) is 8.75. The van der Waals surface area contributed by atoms with Crippen LogP contribution >= 0.6 is 0 Å². The molecule has 1 aromatic heterocycles. The zero-order valence-electron chi connectivity index (χ0n) is 25.1. The molecular weight excluding hydrogens is 520 g/mol. The Morgan fingerprint density at radius 1 is 0.643 bits per heavy atom. The predicted octanol–water partition coefficient (Wildman–Crippen LogP) is 8.97. The van der Waals surface area contributed by atoms with E-state index in [1.807, 2.05) is 120 Å². The second kappa shape index (κ2) is 17.4. The third-order valence-electron chi connectivity index (χ3n) is 5.69. The number of carbonyl (C=O) groups is 2. The standard InChI is InChI=1S/C17H14N2O.C15H12N2O.2C2H6/c1-12-4-2-5-14(10-12)17(20)19-15-7-8-16-13(11-15)6-3-9-18-16;1-11-3-2-4-13(9-11)15(18)17-14-7-5-12(10-16)6-8-14;2*1-2/h2-11H,1H3,(H,19,20);2-9H,1H3,(H,17,18);2*1-2H3. The number of pyridine rings is 1. The summed E-state index contributed by atoms with van der Waals surface area (Å²) < 4.78 is 0. The molecule has 0 fully saturated rings. The van der Waals surface area contributed by atoms with E-state index < -0.39 is 0 Å². The van der Waals surface area contributed by atoms with Crippen LogP contribution in [-0.2, 0) is 0 Å². The first-order chi connectivity index (χ1) is 20.4. The van der Waals surface area contributed by atoms with Crippen molar-refractivity contribution in [1.29, 1.82) is 5.26 Å². The maximum absolute atomic E-state index is 12.2. The fourth-order valence-corrected chi connectivity index (χ4v) is 3.76. The number of amides is 2. The number of fused-ring (bicyclic) bond motifs is 1. The molecule has 4 aromatic carbocycles. The zero-order chi connectivity index (χ0) is 30.9. The molecule has 0 saturated carbocycles. The molecule has 2 N–H and O–H groups in total. The van der Waals surface area contributed by atoms with Gasteiger partial charge in [0.1, 0.15) is 0 Å². The fraction of sp³-hybridized carbons (Fsp3) is 0.167. The monoisotopic (exact) mass is 558 g/mol. The summed E-state index contributed by atoms with van der Waals surface area (Å²) in [6.07, 6.45) is 1.76. The molecule has 0 atom stereocenters. The Balaban J connectivity index is 0.000000264. The Labute approximate surface area is 249 Å². The lowest BCUT2D eigenvalue weighted by atomic mass is 10.1. The van der Waals surface area contributed by atoms with Crippen LogP contribution in [-0.4, -0.2) is 16.8 Å². The van der Waals surface area contributed by atoms with Gasteiger partial charge in [0.05, 0.1) is 17.1 Å². The van der Waals surface area contributed by atoms with Gasteiger partial charge in [-0.05, 0) is 86.6 Å². The molecule has 6 heteroatoms. The van der Waals surface area contributed by atoms with E-state index in [9.17, 15) is 9.59 Å². The van der Waals surface area contributed by atoms with Gasteiger partial charge in [-0.2, -0.15) is 5.26 Å². The van der Waals surface area contributed by atoms with Crippen molar-refractivity contribution in [2.24, 2.45) is 0 Å². The smallest absolute Gasteiger partial charge is 0.255 e. The lowest BCUT2D eigenvalue weighted by Crippen LogP contribution is -2.11. The van der Waals surface area contributed by atoms with Crippen LogP contribution in [0, 0.1) is 25.2 Å². The number of anilines is 2. The average molecular weight is 559 g/mol. The highest BCUT2D eigenvalue weighted by Crippen LogP contribution is 2.18. The summed E-state index contributed by atoms with van der Waals surface area (Å²) >= 11 is 0. The summed E-state index contributed by atoms with van der Waals surface area (Å²) in [5, 5.41) is 15.4. The summed E-state index contributed by atoms with van der Waals surface area (Å²) in [6.45, 7) is 11.9. The van der Waals surface area contributed by atoms with E-state index in [0.717, 1.165) is 27.7 Å². The largest absolute Gasteiger partial charge is 0.322 e. The van der Waals surface area contributed by atoms with Crippen molar-refractivity contribution in [3.63, 3.8) is 0 Å². The highest BCUT2D eigenvalue weighted by atomic mass is 16.2. The molecular formula is C36H38N4O2. The third-order valence-corrected chi connectivity index (χ3v) is 5.69. The topological polar surface area (TPSA) is 94.9 Å². The number of nitriles is 1. The quantitative estimate of drug-likeness (QED) is 0.230. The second-order valence-electron chi connectivity index (χ2n) is 8.75. The van der Waals surface area contributed by atoms with Gasteiger partial charge >= 0.3 is 0 Å². The van der Waals surface area contributed by atoms with Crippen molar-refractivity contribution in [3.05, 3.63) is 137 Å². The molecule has 214 valence electrons. The molecule has 0 aliphatic rings. The van der Waals surface area contributed by atoms with E-state index in [1.165, 1.54) is 0 Å². The van der Waals surface area contributed by atoms with Crippen LogP contribution in [0.3, 0.4) is 0 Å². The van der Waals surface area contributed by atoms with Gasteiger partial charge in [-0.1, -0.05) is 69.2 Å². The molecule has 5 aromatic rings. The molecule has 0 saturated heterocycles. The van der Waals surface area contributed by atoms with Gasteiger partial charge < -0.3 is 10.6 Å². The molecule has 5 rings (SSSR count). The molecule has 2 amide bonds. The Bertz CT molecular complexity index is 1640. The lowest BCUT2D eigenvalue weighted by molar-refractivity contribution is 0.101. The van der Waals surface area contributed by atoms with Gasteiger partial charge in [-0.15, -0.1) is 0 Å². The van der Waals surface area contributed by atoms with Crippen molar-refractivity contribution in [3.8, 4) is 6.07 Å². The number of nitrogens with zero attached hydrogens (tertiary/aromatic N) is 2. The van der Waals surface area contributed by atoms with Crippen molar-refractivity contribution >= 4 is 34.1 Å². The van der Waals surface area contributed by atoms with Gasteiger partial charge in [0.2, 0.25) is 0 Å². The van der Waals surface area contributed by atoms with Crippen LogP contribution < -0.4 is 10.6 Å². The Kier molecular flexibility index (Phi) is 13.7. The molecule has 1 heterocycles. The van der Waals surface area contributed by atoms with Crippen LogP contribution in [0.25, 0.3) is 10.9 Å². The maximum Gasteiger partial charge on any atom is 0.255 e. The fourth-order valence-electron chi connectivity index (χ4n) is 3.76. The minimum atomic E-state index is -0.150. The Morgan fingerprint density at radius 2 is 1.17 bits per heavy atom. The van der Waals surface area contributed by atoms with E-state index in [0.29, 0.717) is 22.4 Å². The molecule has 0 unspecified atom stereocenters.